The number of aliphatic hydroxyl groups is 1. The lowest BCUT2D eigenvalue weighted by atomic mass is 10.5. The van der Waals surface area contributed by atoms with Crippen molar-refractivity contribution in [2.45, 2.75) is 18.7 Å². The van der Waals surface area contributed by atoms with E-state index in [9.17, 15) is 8.42 Å². The van der Waals surface area contributed by atoms with E-state index in [0.717, 1.165) is 11.5 Å². The molecule has 0 aliphatic carbocycles. The monoisotopic (exact) mass is 279 g/mol. The van der Waals surface area contributed by atoms with Crippen molar-refractivity contribution in [2.24, 2.45) is 0 Å². The Morgan fingerprint density at radius 2 is 2.12 bits per heavy atom. The van der Waals surface area contributed by atoms with Crippen LogP contribution in [0.2, 0.25) is 0 Å². The fraction of sp³-hybridized carbons (Fsp3) is 0.667. The van der Waals surface area contributed by atoms with Gasteiger partial charge in [-0.3, -0.25) is 0 Å². The lowest BCUT2D eigenvalue weighted by Gasteiger charge is -2.20. The molecule has 17 heavy (non-hydrogen) atoms. The first-order chi connectivity index (χ1) is 7.97. The number of nitrogens with two attached hydrogens (primary N) is 1. The largest absolute Gasteiger partial charge is 0.395 e. The Hall–Kier alpha value is -0.860. The Morgan fingerprint density at radius 3 is 2.59 bits per heavy atom. The van der Waals surface area contributed by atoms with Crippen LogP contribution in [0.5, 0.6) is 0 Å². The minimum atomic E-state index is -3.39. The molecule has 0 saturated heterocycles. The van der Waals surface area contributed by atoms with Crippen molar-refractivity contribution in [3.8, 4) is 0 Å². The quantitative estimate of drug-likeness (QED) is 0.779. The van der Waals surface area contributed by atoms with Crippen LogP contribution in [0.15, 0.2) is 4.90 Å². The second kappa shape index (κ2) is 5.65. The molecule has 1 heterocycles. The highest BCUT2D eigenvalue weighted by atomic mass is 32.2. The highest BCUT2D eigenvalue weighted by Gasteiger charge is 2.26. The second-order valence-electron chi connectivity index (χ2n) is 3.41. The van der Waals surface area contributed by atoms with Crippen LogP contribution in [-0.2, 0) is 9.84 Å². The molecule has 0 unspecified atom stereocenters. The Bertz CT molecular complexity index is 470. The van der Waals surface area contributed by atoms with Crippen LogP contribution in [0, 0.1) is 0 Å². The van der Waals surface area contributed by atoms with Gasteiger partial charge in [-0.05, 0) is 18.5 Å². The third-order valence-corrected chi connectivity index (χ3v) is 5.22. The predicted molar refractivity (Wildman–Crippen MR) is 69.2 cm³/mol. The lowest BCUT2D eigenvalue weighted by molar-refractivity contribution is 0.302. The summed E-state index contributed by atoms with van der Waals surface area (Å²) in [5.74, 6) is 0.0301. The molecule has 0 radical (unpaired) electrons. The number of anilines is 2. The molecule has 0 atom stereocenters. The molecule has 0 spiro atoms. The summed E-state index contributed by atoms with van der Waals surface area (Å²) in [6.07, 6.45) is 0. The zero-order valence-electron chi connectivity index (χ0n) is 9.88. The summed E-state index contributed by atoms with van der Waals surface area (Å²) >= 11 is 1.05. The number of nitrogen functional groups attached to an aromatic ring is 1. The fourth-order valence-corrected chi connectivity index (χ4v) is 3.84. The topological polar surface area (TPSA) is 96.5 Å². The zero-order valence-corrected chi connectivity index (χ0v) is 11.5. The van der Waals surface area contributed by atoms with E-state index < -0.39 is 9.84 Å². The fourth-order valence-electron chi connectivity index (χ4n) is 1.45. The van der Waals surface area contributed by atoms with Gasteiger partial charge in [0.25, 0.3) is 0 Å². The van der Waals surface area contributed by atoms with Crippen molar-refractivity contribution in [1.29, 1.82) is 0 Å². The maximum Gasteiger partial charge on any atom is 0.184 e. The molecule has 8 heteroatoms. The third-order valence-electron chi connectivity index (χ3n) is 2.39. The number of rotatable bonds is 6. The van der Waals surface area contributed by atoms with Crippen LogP contribution in [0.4, 0.5) is 10.8 Å². The van der Waals surface area contributed by atoms with Crippen molar-refractivity contribution in [3.63, 3.8) is 0 Å². The summed E-state index contributed by atoms with van der Waals surface area (Å²) in [6, 6.07) is 0. The Morgan fingerprint density at radius 1 is 1.47 bits per heavy atom. The molecule has 0 amide bonds. The molecule has 1 aromatic heterocycles. The van der Waals surface area contributed by atoms with E-state index in [1.165, 1.54) is 0 Å². The number of likely N-dealkylation sites (N-methyl/N-ethyl adjacent to an activating group) is 1. The summed E-state index contributed by atoms with van der Waals surface area (Å²) in [6.45, 7) is 4.36. The van der Waals surface area contributed by atoms with Gasteiger partial charge in [0.1, 0.15) is 9.90 Å². The van der Waals surface area contributed by atoms with E-state index in [4.69, 9.17) is 10.8 Å². The summed E-state index contributed by atoms with van der Waals surface area (Å²) < 4.78 is 27.8. The second-order valence-corrected chi connectivity index (χ2v) is 6.38. The number of sulfone groups is 1. The third kappa shape index (κ3) is 2.88. The normalized spacial score (nSPS) is 11.7. The van der Waals surface area contributed by atoms with Gasteiger partial charge in [0.15, 0.2) is 15.7 Å². The molecule has 0 aromatic carbocycles. The molecule has 98 valence electrons. The van der Waals surface area contributed by atoms with Crippen LogP contribution in [0.1, 0.15) is 13.8 Å². The molecule has 0 aliphatic heterocycles. The average Bonchev–Trinajstić information content (AvgIpc) is 2.68. The van der Waals surface area contributed by atoms with E-state index in [-0.39, 0.29) is 23.1 Å². The van der Waals surface area contributed by atoms with Gasteiger partial charge in [0.05, 0.1) is 12.4 Å². The molecular formula is C9H17N3O3S2. The van der Waals surface area contributed by atoms with Crippen molar-refractivity contribution in [3.05, 3.63) is 0 Å². The maximum atomic E-state index is 11.9. The first-order valence-corrected chi connectivity index (χ1v) is 7.74. The molecule has 0 fully saturated rings. The van der Waals surface area contributed by atoms with Gasteiger partial charge in [-0.25, -0.2) is 8.42 Å². The highest BCUT2D eigenvalue weighted by molar-refractivity contribution is 7.91. The number of nitrogens with zero attached hydrogens (tertiary/aromatic N) is 2. The van der Waals surface area contributed by atoms with E-state index in [1.54, 1.807) is 11.8 Å². The van der Waals surface area contributed by atoms with Crippen molar-refractivity contribution in [2.75, 3.05) is 36.1 Å². The van der Waals surface area contributed by atoms with Crippen molar-refractivity contribution < 1.29 is 13.5 Å². The zero-order chi connectivity index (χ0) is 13.1. The molecule has 6 nitrogen and oxygen atoms in total. The molecule has 0 aliphatic rings. The standard InChI is InChI=1S/C9H17N3O3S2/c1-3-12(5-6-13)9-7(8(10)11-16-9)17(14,15)4-2/h13H,3-6H2,1-2H3,(H2,10,11). The lowest BCUT2D eigenvalue weighted by Crippen LogP contribution is -2.27. The minimum absolute atomic E-state index is 0.0146. The van der Waals surface area contributed by atoms with Gasteiger partial charge in [-0.15, -0.1) is 0 Å². The van der Waals surface area contributed by atoms with Crippen LogP contribution in [-0.4, -0.2) is 43.3 Å². The van der Waals surface area contributed by atoms with Crippen LogP contribution in [0.25, 0.3) is 0 Å². The van der Waals surface area contributed by atoms with Gasteiger partial charge >= 0.3 is 0 Å². The smallest absolute Gasteiger partial charge is 0.184 e. The number of aromatic nitrogens is 1. The van der Waals surface area contributed by atoms with Gasteiger partial charge in [0.2, 0.25) is 0 Å². The van der Waals surface area contributed by atoms with Gasteiger partial charge < -0.3 is 15.7 Å². The van der Waals surface area contributed by atoms with Gasteiger partial charge in [-0.1, -0.05) is 6.92 Å². The highest BCUT2D eigenvalue weighted by Crippen LogP contribution is 2.35. The first-order valence-electron chi connectivity index (χ1n) is 5.31. The van der Waals surface area contributed by atoms with Crippen molar-refractivity contribution >= 4 is 32.2 Å². The number of hydrogen-bond acceptors (Lipinski definition) is 7. The SMILES string of the molecule is CCN(CCO)c1snc(N)c1S(=O)(=O)CC. The number of aliphatic hydroxyl groups excluding tert-OH is 1. The summed E-state index contributed by atoms with van der Waals surface area (Å²) in [7, 11) is -3.39. The minimum Gasteiger partial charge on any atom is -0.395 e. The molecule has 3 N–H and O–H groups in total. The summed E-state index contributed by atoms with van der Waals surface area (Å²) in [4.78, 5) is 1.86. The molecule has 0 saturated carbocycles. The maximum absolute atomic E-state index is 11.9. The molecule has 1 rings (SSSR count). The van der Waals surface area contributed by atoms with E-state index in [0.29, 0.717) is 18.1 Å². The van der Waals surface area contributed by atoms with E-state index >= 15 is 0 Å². The first kappa shape index (κ1) is 14.2. The summed E-state index contributed by atoms with van der Waals surface area (Å²) in [5.41, 5.74) is 5.62. The summed E-state index contributed by atoms with van der Waals surface area (Å²) in [5, 5.41) is 9.46. The van der Waals surface area contributed by atoms with Crippen LogP contribution >= 0.6 is 11.5 Å². The van der Waals surface area contributed by atoms with E-state index in [1.807, 2.05) is 6.92 Å². The Kier molecular flexibility index (Phi) is 4.72. The Labute approximate surface area is 105 Å². The van der Waals surface area contributed by atoms with Crippen molar-refractivity contribution in [1.82, 2.24) is 4.37 Å². The van der Waals surface area contributed by atoms with Gasteiger partial charge in [-0.2, -0.15) is 4.37 Å². The molecule has 0 bridgehead atoms. The molecule has 1 aromatic rings. The number of hydrogen-bond donors (Lipinski definition) is 2. The van der Waals surface area contributed by atoms with Crippen LogP contribution in [0.3, 0.4) is 0 Å². The average molecular weight is 279 g/mol. The Balaban J connectivity index is 3.27. The van der Waals surface area contributed by atoms with Crippen LogP contribution < -0.4 is 10.6 Å². The molecular weight excluding hydrogens is 262 g/mol. The van der Waals surface area contributed by atoms with E-state index in [2.05, 4.69) is 4.37 Å². The predicted octanol–water partition coefficient (Wildman–Crippen LogP) is 0.338. The van der Waals surface area contributed by atoms with Gasteiger partial charge in [0, 0.05) is 13.1 Å².